The van der Waals surface area contributed by atoms with Crippen LogP contribution in [-0.2, 0) is 26.6 Å². The Labute approximate surface area is 248 Å². The minimum atomic E-state index is -4.49. The number of alkyl halides is 3. The second kappa shape index (κ2) is 13.2. The predicted octanol–water partition coefficient (Wildman–Crippen LogP) is 6.79. The summed E-state index contributed by atoms with van der Waals surface area (Å²) in [6.07, 6.45) is 1.33. The lowest BCUT2D eigenvalue weighted by atomic mass is 9.81. The van der Waals surface area contributed by atoms with Crippen LogP contribution in [0.5, 0.6) is 0 Å². The number of nitrogens with zero attached hydrogens (tertiary/aromatic N) is 1. The minimum absolute atomic E-state index is 0.0722. The van der Waals surface area contributed by atoms with Gasteiger partial charge in [-0.2, -0.15) is 13.2 Å². The van der Waals surface area contributed by atoms with Gasteiger partial charge >= 0.3 is 12.1 Å². The molecule has 3 aromatic rings. The Morgan fingerprint density at radius 3 is 2.23 bits per heavy atom. The van der Waals surface area contributed by atoms with Gasteiger partial charge in [-0.3, -0.25) is 9.59 Å². The number of nitrogens with one attached hydrogen (secondary N) is 1. The average molecular weight is 621 g/mol. The number of aliphatic carboxylic acids is 1. The highest BCUT2D eigenvalue weighted by atomic mass is 32.2. The Balaban J connectivity index is 1.67. The number of benzene rings is 2. The van der Waals surface area contributed by atoms with Crippen molar-refractivity contribution in [2.45, 2.75) is 56.5 Å². The van der Waals surface area contributed by atoms with Crippen LogP contribution in [0, 0.1) is 5.92 Å². The van der Waals surface area contributed by atoms with E-state index in [4.69, 9.17) is 9.52 Å². The monoisotopic (exact) mass is 620 g/mol. The molecule has 1 saturated carbocycles. The third-order valence-electron chi connectivity index (χ3n) is 7.65. The number of carbonyl (C=O) groups excluding carboxylic acids is 1. The lowest BCUT2D eigenvalue weighted by Crippen LogP contribution is -2.29. The van der Waals surface area contributed by atoms with Crippen LogP contribution < -0.4 is 5.32 Å². The first kappa shape index (κ1) is 32.1. The molecule has 0 saturated heterocycles. The lowest BCUT2D eigenvalue weighted by molar-refractivity contribution is -0.138. The maximum absolute atomic E-state index is 13.1. The average Bonchev–Trinajstić information content (AvgIpc) is 3.36. The maximum atomic E-state index is 13.1. The van der Waals surface area contributed by atoms with Crippen molar-refractivity contribution in [2.75, 3.05) is 25.2 Å². The van der Waals surface area contributed by atoms with Gasteiger partial charge < -0.3 is 19.7 Å². The Morgan fingerprint density at radius 2 is 1.67 bits per heavy atom. The van der Waals surface area contributed by atoms with E-state index < -0.39 is 27.5 Å². The molecule has 1 aliphatic rings. The summed E-state index contributed by atoms with van der Waals surface area (Å²) in [7, 11) is -1.98. The van der Waals surface area contributed by atoms with Crippen LogP contribution in [-0.4, -0.2) is 50.1 Å². The molecular formula is C31H35F3N2O6S. The SMILES string of the molecule is CN(CCC(=O)O)C(=O)c1ccc(NC(c2cc(-c3ccc(C(F)(F)F)cc3)oc2CS(C)(=O)=O)C2CCCCC2)cc1. The molecule has 43 heavy (non-hydrogen) atoms. The number of amides is 1. The second-order valence-electron chi connectivity index (χ2n) is 11.1. The van der Waals surface area contributed by atoms with Crippen LogP contribution >= 0.6 is 0 Å². The molecule has 12 heteroatoms. The molecule has 0 bridgehead atoms. The number of anilines is 1. The van der Waals surface area contributed by atoms with Gasteiger partial charge in [-0.1, -0.05) is 31.4 Å². The number of furan rings is 1. The second-order valence-corrected chi connectivity index (χ2v) is 13.2. The highest BCUT2D eigenvalue weighted by Crippen LogP contribution is 2.41. The number of carboxylic acid groups (broad SMARTS) is 1. The van der Waals surface area contributed by atoms with Gasteiger partial charge in [0.05, 0.1) is 18.0 Å². The van der Waals surface area contributed by atoms with Gasteiger partial charge in [-0.25, -0.2) is 8.42 Å². The van der Waals surface area contributed by atoms with Gasteiger partial charge in [-0.15, -0.1) is 0 Å². The van der Waals surface area contributed by atoms with Crippen molar-refractivity contribution in [3.05, 3.63) is 77.0 Å². The van der Waals surface area contributed by atoms with Gasteiger partial charge in [0.1, 0.15) is 17.3 Å². The van der Waals surface area contributed by atoms with Gasteiger partial charge in [0.2, 0.25) is 0 Å². The standard InChI is InChI=1S/C31H35F3N2O6S/c1-36(17-16-28(37)38)30(39)22-10-14-24(15-11-22)35-29(21-6-4-3-5-7-21)25-18-26(42-27(25)19-43(2,40)41)20-8-12-23(13-9-20)31(32,33)34/h8-15,18,21,29,35H,3-7,16-17,19H2,1-2H3,(H,37,38). The number of sulfone groups is 1. The van der Waals surface area contributed by atoms with Gasteiger partial charge in [-0.05, 0) is 61.2 Å². The third-order valence-corrected chi connectivity index (χ3v) is 8.44. The van der Waals surface area contributed by atoms with E-state index >= 15 is 0 Å². The van der Waals surface area contributed by atoms with Gasteiger partial charge in [0.25, 0.3) is 5.91 Å². The van der Waals surface area contributed by atoms with E-state index in [0.29, 0.717) is 22.4 Å². The molecular weight excluding hydrogens is 585 g/mol. The molecule has 1 aromatic heterocycles. The molecule has 8 nitrogen and oxygen atoms in total. The van der Waals surface area contributed by atoms with E-state index in [1.807, 2.05) is 0 Å². The van der Waals surface area contributed by atoms with Crippen LogP contribution in [0.2, 0.25) is 0 Å². The minimum Gasteiger partial charge on any atom is -0.481 e. The largest absolute Gasteiger partial charge is 0.481 e. The van der Waals surface area contributed by atoms with Crippen LogP contribution in [0.1, 0.15) is 71.8 Å². The fourth-order valence-electron chi connectivity index (χ4n) is 5.41. The van der Waals surface area contributed by atoms with Crippen molar-refractivity contribution in [3.63, 3.8) is 0 Å². The number of carboxylic acids is 1. The molecule has 1 aliphatic carbocycles. The molecule has 0 radical (unpaired) electrons. The van der Waals surface area contributed by atoms with E-state index in [1.165, 1.54) is 24.1 Å². The zero-order valence-electron chi connectivity index (χ0n) is 24.0. The highest BCUT2D eigenvalue weighted by Gasteiger charge is 2.32. The van der Waals surface area contributed by atoms with E-state index in [2.05, 4.69) is 5.32 Å². The van der Waals surface area contributed by atoms with Crippen LogP contribution in [0.3, 0.4) is 0 Å². The normalized spacial score (nSPS) is 15.2. The quantitative estimate of drug-likeness (QED) is 0.242. The summed E-state index contributed by atoms with van der Waals surface area (Å²) in [6.45, 7) is 0.0722. The number of hydrogen-bond donors (Lipinski definition) is 2. The summed E-state index contributed by atoms with van der Waals surface area (Å²) in [6, 6.07) is 12.7. The van der Waals surface area contributed by atoms with Gasteiger partial charge in [0.15, 0.2) is 9.84 Å². The summed E-state index contributed by atoms with van der Waals surface area (Å²) in [5, 5.41) is 12.4. The molecule has 1 atom stereocenters. The first-order valence-corrected chi connectivity index (χ1v) is 16.1. The summed E-state index contributed by atoms with van der Waals surface area (Å²) >= 11 is 0. The number of rotatable bonds is 11. The Hall–Kier alpha value is -3.80. The van der Waals surface area contributed by atoms with Crippen molar-refractivity contribution in [1.82, 2.24) is 4.90 Å². The smallest absolute Gasteiger partial charge is 0.416 e. The van der Waals surface area contributed by atoms with Crippen molar-refractivity contribution < 1.29 is 40.7 Å². The number of carbonyl (C=O) groups is 2. The number of halogens is 3. The van der Waals surface area contributed by atoms with Crippen LogP contribution in [0.4, 0.5) is 18.9 Å². The first-order valence-electron chi connectivity index (χ1n) is 14.0. The van der Waals surface area contributed by atoms with E-state index in [0.717, 1.165) is 50.5 Å². The third kappa shape index (κ3) is 8.62. The van der Waals surface area contributed by atoms with E-state index in [1.54, 1.807) is 30.3 Å². The predicted molar refractivity (Wildman–Crippen MR) is 156 cm³/mol. The molecule has 2 aromatic carbocycles. The summed E-state index contributed by atoms with van der Waals surface area (Å²) in [4.78, 5) is 24.9. The fraction of sp³-hybridized carbons (Fsp3) is 0.419. The van der Waals surface area contributed by atoms with E-state index in [9.17, 15) is 31.2 Å². The summed E-state index contributed by atoms with van der Waals surface area (Å²) in [5.74, 6) is -1.05. The fourth-order valence-corrected chi connectivity index (χ4v) is 6.12. The Bertz CT molecular complexity index is 1530. The Kier molecular flexibility index (Phi) is 9.89. The zero-order valence-corrected chi connectivity index (χ0v) is 24.8. The van der Waals surface area contributed by atoms with Crippen molar-refractivity contribution >= 4 is 27.4 Å². The van der Waals surface area contributed by atoms with Gasteiger partial charge in [0, 0.05) is 42.2 Å². The summed E-state index contributed by atoms with van der Waals surface area (Å²) in [5.41, 5.74) is 1.30. The van der Waals surface area contributed by atoms with Crippen molar-refractivity contribution in [1.29, 1.82) is 0 Å². The molecule has 0 aliphatic heterocycles. The molecule has 1 unspecified atom stereocenters. The maximum Gasteiger partial charge on any atom is 0.416 e. The lowest BCUT2D eigenvalue weighted by Gasteiger charge is -2.32. The van der Waals surface area contributed by atoms with Crippen LogP contribution in [0.25, 0.3) is 11.3 Å². The van der Waals surface area contributed by atoms with E-state index in [-0.39, 0.29) is 48.1 Å². The number of hydrogen-bond acceptors (Lipinski definition) is 6. The molecule has 0 spiro atoms. The molecule has 2 N–H and O–H groups in total. The zero-order chi connectivity index (χ0) is 31.4. The summed E-state index contributed by atoms with van der Waals surface area (Å²) < 4.78 is 70.2. The molecule has 4 rings (SSSR count). The molecule has 1 heterocycles. The first-order chi connectivity index (χ1) is 20.2. The van der Waals surface area contributed by atoms with Crippen molar-refractivity contribution in [2.24, 2.45) is 5.92 Å². The highest BCUT2D eigenvalue weighted by molar-refractivity contribution is 7.89. The van der Waals surface area contributed by atoms with Crippen LogP contribution in [0.15, 0.2) is 59.0 Å². The molecule has 232 valence electrons. The van der Waals surface area contributed by atoms with Crippen molar-refractivity contribution in [3.8, 4) is 11.3 Å². The molecule has 1 amide bonds. The Morgan fingerprint density at radius 1 is 1.05 bits per heavy atom. The molecule has 1 fully saturated rings. The topological polar surface area (TPSA) is 117 Å².